The largest absolute Gasteiger partial charge is 0.459 e. The summed E-state index contributed by atoms with van der Waals surface area (Å²) in [6, 6.07) is 0. The van der Waals surface area contributed by atoms with E-state index in [0.717, 1.165) is 32.7 Å². The van der Waals surface area contributed by atoms with Crippen LogP contribution in [0.3, 0.4) is 0 Å². The molecule has 0 fully saturated rings. The van der Waals surface area contributed by atoms with Crippen molar-refractivity contribution in [1.29, 1.82) is 0 Å². The number of nitrogens with zero attached hydrogens (tertiary/aromatic N) is 1. The second-order valence-corrected chi connectivity index (χ2v) is 10.6. The molecule has 0 aliphatic carbocycles. The highest BCUT2D eigenvalue weighted by atomic mass is 16.6. The van der Waals surface area contributed by atoms with Crippen molar-refractivity contribution in [2.45, 2.75) is 162 Å². The Bertz CT molecular complexity index is 421. The summed E-state index contributed by atoms with van der Waals surface area (Å²) >= 11 is 0. The molecule has 4 nitrogen and oxygen atoms in total. The Morgan fingerprint density at radius 2 is 1.00 bits per heavy atom. The lowest BCUT2D eigenvalue weighted by Crippen LogP contribution is -2.38. The molecule has 0 N–H and O–H groups in total. The summed E-state index contributed by atoms with van der Waals surface area (Å²) < 4.78 is 11.5. The molecule has 0 heterocycles. The fraction of sp³-hybridized carbons (Fsp3) is 0.968. The van der Waals surface area contributed by atoms with Crippen molar-refractivity contribution in [1.82, 2.24) is 4.90 Å². The van der Waals surface area contributed by atoms with Gasteiger partial charge < -0.3 is 9.47 Å². The zero-order valence-electron chi connectivity index (χ0n) is 24.4. The van der Waals surface area contributed by atoms with Gasteiger partial charge >= 0.3 is 5.97 Å². The number of hydrogen-bond donors (Lipinski definition) is 0. The smallest absolute Gasteiger partial charge is 0.303 e. The average Bonchev–Trinajstić information content (AvgIpc) is 2.84. The Morgan fingerprint density at radius 3 is 1.40 bits per heavy atom. The first kappa shape index (κ1) is 34.4. The fourth-order valence-corrected chi connectivity index (χ4v) is 4.67. The van der Waals surface area contributed by atoms with Crippen molar-refractivity contribution in [3.8, 4) is 0 Å². The minimum absolute atomic E-state index is 0.151. The molecule has 0 rings (SSSR count). The molecule has 0 amide bonds. The normalized spacial score (nSPS) is 12.4. The van der Waals surface area contributed by atoms with E-state index in [-0.39, 0.29) is 12.1 Å². The quantitative estimate of drug-likeness (QED) is 0.0798. The first-order valence-corrected chi connectivity index (χ1v) is 15.6. The van der Waals surface area contributed by atoms with Gasteiger partial charge in [0.2, 0.25) is 0 Å². The number of unbranched alkanes of at least 4 members (excludes halogenated alkanes) is 17. The van der Waals surface area contributed by atoms with Gasteiger partial charge in [0, 0.05) is 20.1 Å². The lowest BCUT2D eigenvalue weighted by atomic mass is 10.0. The molecule has 0 aliphatic heterocycles. The van der Waals surface area contributed by atoms with Gasteiger partial charge in [-0.25, -0.2) is 0 Å². The van der Waals surface area contributed by atoms with Crippen LogP contribution in [0, 0.1) is 0 Å². The van der Waals surface area contributed by atoms with Gasteiger partial charge in [-0.15, -0.1) is 0 Å². The van der Waals surface area contributed by atoms with E-state index in [1.165, 1.54) is 129 Å². The third-order valence-corrected chi connectivity index (χ3v) is 6.90. The maximum absolute atomic E-state index is 11.6. The molecule has 0 spiro atoms. The third kappa shape index (κ3) is 26.3. The van der Waals surface area contributed by atoms with E-state index in [1.54, 1.807) is 0 Å². The Labute approximate surface area is 220 Å². The molecule has 4 heteroatoms. The molecule has 210 valence electrons. The standard InChI is InChI=1S/C31H63NO3/c1-5-8-11-12-13-14-15-16-17-18-19-20-21-22-23-24-27-34-29-31(35-30(4)33)28-32(25-9-6-2)26-10-7-3/h31H,5-29H2,1-4H3. The van der Waals surface area contributed by atoms with Crippen molar-refractivity contribution in [2.24, 2.45) is 0 Å². The molecule has 0 bridgehead atoms. The van der Waals surface area contributed by atoms with Crippen molar-refractivity contribution in [2.75, 3.05) is 32.8 Å². The predicted molar refractivity (Wildman–Crippen MR) is 152 cm³/mol. The number of carbonyl (C=O) groups is 1. The van der Waals surface area contributed by atoms with Crippen LogP contribution in [0.2, 0.25) is 0 Å². The molecule has 0 radical (unpaired) electrons. The van der Waals surface area contributed by atoms with Crippen LogP contribution in [0.15, 0.2) is 0 Å². The van der Waals surface area contributed by atoms with Crippen LogP contribution in [0.5, 0.6) is 0 Å². The Balaban J connectivity index is 3.67. The van der Waals surface area contributed by atoms with E-state index in [1.807, 2.05) is 0 Å². The number of carbonyl (C=O) groups excluding carboxylic acids is 1. The number of ether oxygens (including phenoxy) is 2. The zero-order chi connectivity index (χ0) is 25.8. The maximum atomic E-state index is 11.6. The summed E-state index contributed by atoms with van der Waals surface area (Å²) in [4.78, 5) is 14.0. The zero-order valence-corrected chi connectivity index (χ0v) is 24.4. The minimum Gasteiger partial charge on any atom is -0.459 e. The summed E-state index contributed by atoms with van der Waals surface area (Å²) in [6.07, 6.45) is 26.7. The molecule has 1 unspecified atom stereocenters. The lowest BCUT2D eigenvalue weighted by molar-refractivity contribution is -0.150. The van der Waals surface area contributed by atoms with E-state index in [2.05, 4.69) is 25.7 Å². The van der Waals surface area contributed by atoms with Gasteiger partial charge in [-0.2, -0.15) is 0 Å². The van der Waals surface area contributed by atoms with Crippen LogP contribution < -0.4 is 0 Å². The van der Waals surface area contributed by atoms with Gasteiger partial charge in [0.05, 0.1) is 6.61 Å². The molecule has 0 aliphatic rings. The van der Waals surface area contributed by atoms with E-state index in [4.69, 9.17) is 9.47 Å². The molecule has 1 atom stereocenters. The highest BCUT2D eigenvalue weighted by Crippen LogP contribution is 2.14. The summed E-state index contributed by atoms with van der Waals surface area (Å²) in [5, 5.41) is 0. The van der Waals surface area contributed by atoms with Crippen molar-refractivity contribution < 1.29 is 14.3 Å². The van der Waals surface area contributed by atoms with E-state index < -0.39 is 0 Å². The van der Waals surface area contributed by atoms with Crippen molar-refractivity contribution in [3.63, 3.8) is 0 Å². The van der Waals surface area contributed by atoms with Gasteiger partial charge in [-0.05, 0) is 32.4 Å². The molecular formula is C31H63NO3. The van der Waals surface area contributed by atoms with Crippen LogP contribution in [0.4, 0.5) is 0 Å². The minimum atomic E-state index is -0.202. The van der Waals surface area contributed by atoms with Crippen LogP contribution >= 0.6 is 0 Å². The Kier molecular flexibility index (Phi) is 27.5. The maximum Gasteiger partial charge on any atom is 0.303 e. The number of esters is 1. The van der Waals surface area contributed by atoms with Gasteiger partial charge in [0.15, 0.2) is 0 Å². The Hall–Kier alpha value is -0.610. The van der Waals surface area contributed by atoms with E-state index in [9.17, 15) is 4.79 Å². The highest BCUT2D eigenvalue weighted by Gasteiger charge is 2.17. The molecule has 0 saturated carbocycles. The van der Waals surface area contributed by atoms with Gasteiger partial charge in [0.25, 0.3) is 0 Å². The molecule has 35 heavy (non-hydrogen) atoms. The van der Waals surface area contributed by atoms with Crippen LogP contribution in [0.25, 0.3) is 0 Å². The highest BCUT2D eigenvalue weighted by molar-refractivity contribution is 5.66. The average molecular weight is 498 g/mol. The van der Waals surface area contributed by atoms with E-state index in [0.29, 0.717) is 6.61 Å². The van der Waals surface area contributed by atoms with Crippen molar-refractivity contribution >= 4 is 5.97 Å². The number of hydrogen-bond acceptors (Lipinski definition) is 4. The summed E-state index contributed by atoms with van der Waals surface area (Å²) in [5.41, 5.74) is 0. The Morgan fingerprint density at radius 1 is 0.600 bits per heavy atom. The monoisotopic (exact) mass is 497 g/mol. The van der Waals surface area contributed by atoms with Gasteiger partial charge in [-0.3, -0.25) is 9.69 Å². The topological polar surface area (TPSA) is 38.8 Å². The van der Waals surface area contributed by atoms with Crippen molar-refractivity contribution in [3.05, 3.63) is 0 Å². The summed E-state index contributed by atoms with van der Waals surface area (Å²) in [7, 11) is 0. The van der Waals surface area contributed by atoms with Gasteiger partial charge in [0.1, 0.15) is 6.10 Å². The second-order valence-electron chi connectivity index (χ2n) is 10.6. The third-order valence-electron chi connectivity index (χ3n) is 6.90. The van der Waals surface area contributed by atoms with Gasteiger partial charge in [-0.1, -0.05) is 130 Å². The predicted octanol–water partition coefficient (Wildman–Crippen LogP) is 9.10. The SMILES string of the molecule is CCCCCCCCCCCCCCCCCCOCC(CN(CCCC)CCCC)OC(C)=O. The first-order valence-electron chi connectivity index (χ1n) is 15.6. The molecule has 0 saturated heterocycles. The first-order chi connectivity index (χ1) is 17.1. The molecular weight excluding hydrogens is 434 g/mol. The summed E-state index contributed by atoms with van der Waals surface area (Å²) in [6.45, 7) is 12.5. The van der Waals surface area contributed by atoms with E-state index >= 15 is 0 Å². The molecule has 0 aromatic carbocycles. The molecule has 0 aromatic heterocycles. The lowest BCUT2D eigenvalue weighted by Gasteiger charge is -2.27. The molecule has 0 aromatic rings. The number of rotatable bonds is 28. The van der Waals surface area contributed by atoms with Crippen LogP contribution in [0.1, 0.15) is 156 Å². The van der Waals surface area contributed by atoms with Crippen LogP contribution in [-0.2, 0) is 14.3 Å². The summed E-state index contributed by atoms with van der Waals surface area (Å²) in [5.74, 6) is -0.202. The fourth-order valence-electron chi connectivity index (χ4n) is 4.67. The second kappa shape index (κ2) is 28.0. The van der Waals surface area contributed by atoms with Crippen LogP contribution in [-0.4, -0.2) is 49.8 Å².